The Labute approximate surface area is 79.6 Å². The fraction of sp³-hybridized carbons (Fsp3) is 0.455. The van der Waals surface area contributed by atoms with Crippen molar-refractivity contribution in [2.75, 3.05) is 18.5 Å². The number of para-hydroxylation sites is 1. The standard InChI is InChI=1S/C11H17NO/c1-10(9-13)7-8-12-11-5-3-2-4-6-11/h2-6,10,12-13H,7-9H2,1H3. The zero-order valence-electron chi connectivity index (χ0n) is 8.03. The van der Waals surface area contributed by atoms with Gasteiger partial charge in [0.2, 0.25) is 0 Å². The summed E-state index contributed by atoms with van der Waals surface area (Å²) in [5.74, 6) is 0.385. The second kappa shape index (κ2) is 5.60. The molecule has 2 N–H and O–H groups in total. The molecule has 2 heteroatoms. The van der Waals surface area contributed by atoms with Gasteiger partial charge < -0.3 is 10.4 Å². The maximum atomic E-state index is 8.80. The van der Waals surface area contributed by atoms with E-state index in [1.807, 2.05) is 37.3 Å². The molecule has 2 nitrogen and oxygen atoms in total. The van der Waals surface area contributed by atoms with Crippen LogP contribution in [0.5, 0.6) is 0 Å². The van der Waals surface area contributed by atoms with Crippen LogP contribution >= 0.6 is 0 Å². The summed E-state index contributed by atoms with van der Waals surface area (Å²) < 4.78 is 0. The van der Waals surface area contributed by atoms with Crippen molar-refractivity contribution in [2.24, 2.45) is 5.92 Å². The molecule has 0 radical (unpaired) electrons. The maximum absolute atomic E-state index is 8.80. The molecule has 13 heavy (non-hydrogen) atoms. The maximum Gasteiger partial charge on any atom is 0.0457 e. The summed E-state index contributed by atoms with van der Waals surface area (Å²) in [7, 11) is 0. The van der Waals surface area contributed by atoms with Gasteiger partial charge in [0.1, 0.15) is 0 Å². The second-order valence-corrected chi connectivity index (χ2v) is 3.37. The highest BCUT2D eigenvalue weighted by Gasteiger charge is 1.98. The van der Waals surface area contributed by atoms with Gasteiger partial charge in [0.05, 0.1) is 0 Å². The Morgan fingerprint density at radius 3 is 2.62 bits per heavy atom. The Morgan fingerprint density at radius 1 is 1.31 bits per heavy atom. The number of hydrogen-bond acceptors (Lipinski definition) is 2. The highest BCUT2D eigenvalue weighted by Crippen LogP contribution is 2.06. The van der Waals surface area contributed by atoms with Crippen LogP contribution in [-0.2, 0) is 0 Å². The molecule has 1 atom stereocenters. The first-order valence-electron chi connectivity index (χ1n) is 4.72. The molecule has 1 aromatic rings. The minimum atomic E-state index is 0.274. The Hall–Kier alpha value is -1.02. The number of anilines is 1. The summed E-state index contributed by atoms with van der Waals surface area (Å²) in [6.07, 6.45) is 1.01. The molecular formula is C11H17NO. The highest BCUT2D eigenvalue weighted by atomic mass is 16.3. The van der Waals surface area contributed by atoms with Crippen molar-refractivity contribution < 1.29 is 5.11 Å². The Kier molecular flexibility index (Phi) is 4.33. The van der Waals surface area contributed by atoms with Gasteiger partial charge in [-0.15, -0.1) is 0 Å². The van der Waals surface area contributed by atoms with Gasteiger partial charge in [-0.2, -0.15) is 0 Å². The first-order valence-corrected chi connectivity index (χ1v) is 4.72. The van der Waals surface area contributed by atoms with Crippen LogP contribution in [0.15, 0.2) is 30.3 Å². The molecule has 0 heterocycles. The lowest BCUT2D eigenvalue weighted by Crippen LogP contribution is -2.09. The van der Waals surface area contributed by atoms with Gasteiger partial charge in [-0.1, -0.05) is 25.1 Å². The van der Waals surface area contributed by atoms with E-state index in [0.717, 1.165) is 18.7 Å². The van der Waals surface area contributed by atoms with E-state index in [1.165, 1.54) is 0 Å². The fourth-order valence-electron chi connectivity index (χ4n) is 1.11. The number of benzene rings is 1. The average Bonchev–Trinajstić information content (AvgIpc) is 2.19. The quantitative estimate of drug-likeness (QED) is 0.725. The SMILES string of the molecule is CC(CO)CCNc1ccccc1. The van der Waals surface area contributed by atoms with Gasteiger partial charge in [-0.25, -0.2) is 0 Å². The minimum absolute atomic E-state index is 0.274. The lowest BCUT2D eigenvalue weighted by molar-refractivity contribution is 0.233. The van der Waals surface area contributed by atoms with Crippen LogP contribution in [0.25, 0.3) is 0 Å². The largest absolute Gasteiger partial charge is 0.396 e. The Morgan fingerprint density at radius 2 is 2.00 bits per heavy atom. The molecule has 0 saturated heterocycles. The predicted molar refractivity (Wildman–Crippen MR) is 55.8 cm³/mol. The van der Waals surface area contributed by atoms with Crippen LogP contribution in [0.1, 0.15) is 13.3 Å². The summed E-state index contributed by atoms with van der Waals surface area (Å²) >= 11 is 0. The molecule has 0 fully saturated rings. The lowest BCUT2D eigenvalue weighted by Gasteiger charge is -2.09. The zero-order chi connectivity index (χ0) is 9.52. The van der Waals surface area contributed by atoms with Gasteiger partial charge in [0.15, 0.2) is 0 Å². The third-order valence-electron chi connectivity index (χ3n) is 2.05. The van der Waals surface area contributed by atoms with Gasteiger partial charge in [0.25, 0.3) is 0 Å². The number of rotatable bonds is 5. The van der Waals surface area contributed by atoms with Crippen molar-refractivity contribution in [3.05, 3.63) is 30.3 Å². The minimum Gasteiger partial charge on any atom is -0.396 e. The van der Waals surface area contributed by atoms with Crippen molar-refractivity contribution in [2.45, 2.75) is 13.3 Å². The molecule has 0 aliphatic heterocycles. The van der Waals surface area contributed by atoms with E-state index in [0.29, 0.717) is 5.92 Å². The number of aliphatic hydroxyl groups excluding tert-OH is 1. The molecule has 0 amide bonds. The van der Waals surface area contributed by atoms with Gasteiger partial charge in [-0.05, 0) is 24.5 Å². The van der Waals surface area contributed by atoms with E-state index in [9.17, 15) is 0 Å². The number of nitrogens with one attached hydrogen (secondary N) is 1. The smallest absolute Gasteiger partial charge is 0.0457 e. The van der Waals surface area contributed by atoms with E-state index in [4.69, 9.17) is 5.11 Å². The molecule has 0 aromatic heterocycles. The molecule has 0 bridgehead atoms. The predicted octanol–water partition coefficient (Wildman–Crippen LogP) is 2.12. The van der Waals surface area contributed by atoms with Gasteiger partial charge in [0, 0.05) is 18.8 Å². The first kappa shape index (κ1) is 10.1. The van der Waals surface area contributed by atoms with Crippen molar-refractivity contribution in [3.63, 3.8) is 0 Å². The van der Waals surface area contributed by atoms with Crippen LogP contribution in [0.2, 0.25) is 0 Å². The van der Waals surface area contributed by atoms with Crippen molar-refractivity contribution in [1.29, 1.82) is 0 Å². The normalized spacial score (nSPS) is 12.5. The van der Waals surface area contributed by atoms with Crippen LogP contribution < -0.4 is 5.32 Å². The summed E-state index contributed by atoms with van der Waals surface area (Å²) in [5, 5.41) is 12.1. The molecule has 0 aliphatic rings. The topological polar surface area (TPSA) is 32.3 Å². The molecule has 1 unspecified atom stereocenters. The van der Waals surface area contributed by atoms with Crippen molar-refractivity contribution in [1.82, 2.24) is 0 Å². The fourth-order valence-corrected chi connectivity index (χ4v) is 1.11. The summed E-state index contributed by atoms with van der Waals surface area (Å²) in [6.45, 7) is 3.24. The molecular weight excluding hydrogens is 162 g/mol. The third kappa shape index (κ3) is 3.95. The monoisotopic (exact) mass is 179 g/mol. The molecule has 0 aliphatic carbocycles. The molecule has 0 spiro atoms. The molecule has 0 saturated carbocycles. The van der Waals surface area contributed by atoms with E-state index in [2.05, 4.69) is 5.32 Å². The van der Waals surface area contributed by atoms with Crippen molar-refractivity contribution >= 4 is 5.69 Å². The number of hydrogen-bond donors (Lipinski definition) is 2. The summed E-state index contributed by atoms with van der Waals surface area (Å²) in [4.78, 5) is 0. The van der Waals surface area contributed by atoms with E-state index in [1.54, 1.807) is 0 Å². The van der Waals surface area contributed by atoms with Gasteiger partial charge >= 0.3 is 0 Å². The Bertz CT molecular complexity index is 223. The second-order valence-electron chi connectivity index (χ2n) is 3.37. The zero-order valence-corrected chi connectivity index (χ0v) is 8.03. The third-order valence-corrected chi connectivity index (χ3v) is 2.05. The van der Waals surface area contributed by atoms with Crippen LogP contribution in [-0.4, -0.2) is 18.3 Å². The first-order chi connectivity index (χ1) is 6.33. The van der Waals surface area contributed by atoms with Crippen LogP contribution in [0.3, 0.4) is 0 Å². The molecule has 1 rings (SSSR count). The van der Waals surface area contributed by atoms with Gasteiger partial charge in [-0.3, -0.25) is 0 Å². The molecule has 1 aromatic carbocycles. The lowest BCUT2D eigenvalue weighted by atomic mass is 10.1. The van der Waals surface area contributed by atoms with E-state index < -0.39 is 0 Å². The van der Waals surface area contributed by atoms with E-state index in [-0.39, 0.29) is 6.61 Å². The van der Waals surface area contributed by atoms with Crippen LogP contribution in [0.4, 0.5) is 5.69 Å². The average molecular weight is 179 g/mol. The van der Waals surface area contributed by atoms with Crippen LogP contribution in [0, 0.1) is 5.92 Å². The number of aliphatic hydroxyl groups is 1. The molecule has 72 valence electrons. The van der Waals surface area contributed by atoms with E-state index >= 15 is 0 Å². The highest BCUT2D eigenvalue weighted by molar-refractivity contribution is 5.42. The van der Waals surface area contributed by atoms with Crippen molar-refractivity contribution in [3.8, 4) is 0 Å². The summed E-state index contributed by atoms with van der Waals surface area (Å²) in [5.41, 5.74) is 1.15. The Balaban J connectivity index is 2.20. The summed E-state index contributed by atoms with van der Waals surface area (Å²) in [6, 6.07) is 10.1.